The summed E-state index contributed by atoms with van der Waals surface area (Å²) in [5.74, 6) is -0.738. The minimum absolute atomic E-state index is 0.0627. The molecular weight excluding hydrogens is 377 g/mol. The second-order valence-corrected chi connectivity index (χ2v) is 7.18. The lowest BCUT2D eigenvalue weighted by atomic mass is 10.2. The highest BCUT2D eigenvalue weighted by molar-refractivity contribution is 7.13. The molecule has 0 amide bonds. The fraction of sp³-hybridized carbons (Fsp3) is 0.143. The number of fused-ring (bicyclic) bond motifs is 1. The number of aryl methyl sites for hydroxylation is 2. The normalized spacial score (nSPS) is 11.0. The van der Waals surface area contributed by atoms with Gasteiger partial charge in [0.2, 0.25) is 0 Å². The average Bonchev–Trinajstić information content (AvgIpc) is 3.16. The molecule has 0 N–H and O–H groups in total. The highest BCUT2D eigenvalue weighted by atomic mass is 32.1. The maximum Gasteiger partial charge on any atom is 0.338 e. The first-order chi connectivity index (χ1) is 13.5. The number of esters is 1. The van der Waals surface area contributed by atoms with E-state index in [9.17, 15) is 9.18 Å². The van der Waals surface area contributed by atoms with Crippen molar-refractivity contribution >= 4 is 28.3 Å². The van der Waals surface area contributed by atoms with Crippen molar-refractivity contribution < 1.29 is 13.9 Å². The molecule has 2 aromatic heterocycles. The predicted molar refractivity (Wildman–Crippen MR) is 106 cm³/mol. The van der Waals surface area contributed by atoms with Gasteiger partial charge in [0.1, 0.15) is 17.4 Å². The highest BCUT2D eigenvalue weighted by Gasteiger charge is 2.12. The van der Waals surface area contributed by atoms with Gasteiger partial charge < -0.3 is 4.74 Å². The molecule has 28 heavy (non-hydrogen) atoms. The Bertz CT molecular complexity index is 1170. The van der Waals surface area contributed by atoms with Crippen molar-refractivity contribution in [3.05, 3.63) is 76.3 Å². The van der Waals surface area contributed by atoms with Crippen LogP contribution in [0, 0.1) is 19.7 Å². The van der Waals surface area contributed by atoms with Crippen molar-refractivity contribution in [3.63, 3.8) is 0 Å². The number of rotatable bonds is 4. The molecule has 0 unspecified atom stereocenters. The molecule has 0 fully saturated rings. The van der Waals surface area contributed by atoms with Gasteiger partial charge in [-0.3, -0.25) is 0 Å². The van der Waals surface area contributed by atoms with Crippen molar-refractivity contribution in [2.45, 2.75) is 20.5 Å². The van der Waals surface area contributed by atoms with Crippen molar-refractivity contribution in [2.24, 2.45) is 0 Å². The van der Waals surface area contributed by atoms with Crippen LogP contribution in [0.5, 0.6) is 0 Å². The summed E-state index contributed by atoms with van der Waals surface area (Å²) in [7, 11) is 0. The third-order valence-electron chi connectivity index (χ3n) is 4.31. The molecule has 0 spiro atoms. The number of carbonyl (C=O) groups is 1. The average molecular weight is 393 g/mol. The van der Waals surface area contributed by atoms with Crippen LogP contribution < -0.4 is 0 Å². The fourth-order valence-electron chi connectivity index (χ4n) is 2.68. The van der Waals surface area contributed by atoms with E-state index < -0.39 is 5.97 Å². The number of hydrogen-bond donors (Lipinski definition) is 0. The van der Waals surface area contributed by atoms with Gasteiger partial charge in [-0.1, -0.05) is 0 Å². The number of benzene rings is 2. The topological polar surface area (TPSA) is 65.0 Å². The van der Waals surface area contributed by atoms with Crippen molar-refractivity contribution in [1.29, 1.82) is 0 Å². The second kappa shape index (κ2) is 7.44. The molecule has 5 nitrogen and oxygen atoms in total. The molecule has 2 heterocycles. The van der Waals surface area contributed by atoms with Gasteiger partial charge in [0.25, 0.3) is 0 Å². The predicted octanol–water partition coefficient (Wildman–Crippen LogP) is 4.87. The molecule has 0 atom stereocenters. The van der Waals surface area contributed by atoms with Crippen LogP contribution in [0.4, 0.5) is 4.39 Å². The summed E-state index contributed by atoms with van der Waals surface area (Å²) in [6, 6.07) is 11.3. The van der Waals surface area contributed by atoms with E-state index in [1.165, 1.54) is 23.5 Å². The maximum absolute atomic E-state index is 13.0. The number of halogens is 1. The summed E-state index contributed by atoms with van der Waals surface area (Å²) in [4.78, 5) is 25.8. The summed E-state index contributed by atoms with van der Waals surface area (Å²) in [5.41, 5.74) is 4.97. The second-order valence-electron chi connectivity index (χ2n) is 6.32. The van der Waals surface area contributed by atoms with Crippen molar-refractivity contribution in [1.82, 2.24) is 15.0 Å². The summed E-state index contributed by atoms with van der Waals surface area (Å²) >= 11 is 1.42. The molecule has 140 valence electrons. The van der Waals surface area contributed by atoms with E-state index in [-0.39, 0.29) is 12.4 Å². The molecule has 4 aromatic rings. The molecule has 0 aliphatic carbocycles. The van der Waals surface area contributed by atoms with Crippen LogP contribution in [0.15, 0.2) is 47.8 Å². The first-order valence-electron chi connectivity index (χ1n) is 8.62. The highest BCUT2D eigenvalue weighted by Crippen LogP contribution is 2.24. The number of aromatic nitrogens is 3. The SMILES string of the molecule is Cc1nc2ccc(C(=O)OCc3csc(-c4ccc(F)cc4)n3)cc2nc1C. The number of ether oxygens (including phenoxy) is 1. The van der Waals surface area contributed by atoms with Crippen LogP contribution in [-0.4, -0.2) is 20.9 Å². The van der Waals surface area contributed by atoms with Gasteiger partial charge in [-0.05, 0) is 56.3 Å². The van der Waals surface area contributed by atoms with Gasteiger partial charge in [0.05, 0.1) is 33.7 Å². The zero-order valence-electron chi connectivity index (χ0n) is 15.3. The number of carbonyl (C=O) groups excluding carboxylic acids is 1. The lowest BCUT2D eigenvalue weighted by Crippen LogP contribution is -2.06. The van der Waals surface area contributed by atoms with Gasteiger partial charge in [0, 0.05) is 10.9 Å². The van der Waals surface area contributed by atoms with Crippen molar-refractivity contribution in [3.8, 4) is 10.6 Å². The monoisotopic (exact) mass is 393 g/mol. The Hall–Kier alpha value is -3.19. The van der Waals surface area contributed by atoms with E-state index in [1.807, 2.05) is 19.2 Å². The molecule has 0 aliphatic rings. The van der Waals surface area contributed by atoms with E-state index in [0.29, 0.717) is 16.8 Å². The fourth-order valence-corrected chi connectivity index (χ4v) is 3.49. The van der Waals surface area contributed by atoms with Gasteiger partial charge >= 0.3 is 5.97 Å². The minimum Gasteiger partial charge on any atom is -0.456 e. The molecule has 4 rings (SSSR count). The van der Waals surface area contributed by atoms with Gasteiger partial charge in [0.15, 0.2) is 0 Å². The van der Waals surface area contributed by atoms with E-state index in [4.69, 9.17) is 4.74 Å². The molecular formula is C21H16FN3O2S. The number of hydrogen-bond acceptors (Lipinski definition) is 6. The Balaban J connectivity index is 1.46. The summed E-state index contributed by atoms with van der Waals surface area (Å²) in [6.45, 7) is 3.85. The van der Waals surface area contributed by atoms with E-state index in [2.05, 4.69) is 15.0 Å². The van der Waals surface area contributed by atoms with Crippen molar-refractivity contribution in [2.75, 3.05) is 0 Å². The smallest absolute Gasteiger partial charge is 0.338 e. The Kier molecular flexibility index (Phi) is 4.83. The summed E-state index contributed by atoms with van der Waals surface area (Å²) in [6.07, 6.45) is 0. The Labute approximate surface area is 164 Å². The third-order valence-corrected chi connectivity index (χ3v) is 5.25. The van der Waals surface area contributed by atoms with Crippen LogP contribution in [-0.2, 0) is 11.3 Å². The molecule has 2 aromatic carbocycles. The zero-order chi connectivity index (χ0) is 19.7. The molecule has 0 saturated heterocycles. The quantitative estimate of drug-likeness (QED) is 0.463. The molecule has 0 saturated carbocycles. The van der Waals surface area contributed by atoms with Gasteiger partial charge in [-0.25, -0.2) is 24.1 Å². The molecule has 0 aliphatic heterocycles. The minimum atomic E-state index is -0.446. The summed E-state index contributed by atoms with van der Waals surface area (Å²) < 4.78 is 18.4. The lowest BCUT2D eigenvalue weighted by molar-refractivity contribution is 0.0468. The van der Waals surface area contributed by atoms with Crippen LogP contribution in [0.2, 0.25) is 0 Å². The van der Waals surface area contributed by atoms with Crippen LogP contribution >= 0.6 is 11.3 Å². The number of nitrogens with zero attached hydrogens (tertiary/aromatic N) is 3. The van der Waals surface area contributed by atoms with Crippen LogP contribution in [0.25, 0.3) is 21.6 Å². The first kappa shape index (κ1) is 18.2. The Morgan fingerprint density at radius 3 is 2.46 bits per heavy atom. The molecule has 7 heteroatoms. The van der Waals surface area contributed by atoms with E-state index in [1.54, 1.807) is 30.3 Å². The summed E-state index contributed by atoms with van der Waals surface area (Å²) in [5, 5.41) is 2.57. The zero-order valence-corrected chi connectivity index (χ0v) is 16.1. The number of thiazole rings is 1. The molecule has 0 bridgehead atoms. The van der Waals surface area contributed by atoms with Crippen LogP contribution in [0.1, 0.15) is 27.4 Å². The maximum atomic E-state index is 13.0. The largest absolute Gasteiger partial charge is 0.456 e. The van der Waals surface area contributed by atoms with Gasteiger partial charge in [-0.2, -0.15) is 0 Å². The third kappa shape index (κ3) is 3.75. The van der Waals surface area contributed by atoms with Gasteiger partial charge in [-0.15, -0.1) is 11.3 Å². The lowest BCUT2D eigenvalue weighted by Gasteiger charge is -2.06. The first-order valence-corrected chi connectivity index (χ1v) is 9.50. The van der Waals surface area contributed by atoms with E-state index >= 15 is 0 Å². The Morgan fingerprint density at radius 2 is 1.71 bits per heavy atom. The standard InChI is InChI=1S/C21H16FN3O2S/c1-12-13(2)24-19-9-15(5-8-18(19)23-12)21(26)27-10-17-11-28-20(25-17)14-3-6-16(22)7-4-14/h3-9,11H,10H2,1-2H3. The Morgan fingerprint density at radius 1 is 1.00 bits per heavy atom. The van der Waals surface area contributed by atoms with E-state index in [0.717, 1.165) is 27.5 Å². The molecule has 0 radical (unpaired) electrons. The van der Waals surface area contributed by atoms with Crippen LogP contribution in [0.3, 0.4) is 0 Å².